The third kappa shape index (κ3) is 2.02. The van der Waals surface area contributed by atoms with Crippen molar-refractivity contribution in [3.05, 3.63) is 47.6 Å². The second kappa shape index (κ2) is 5.25. The summed E-state index contributed by atoms with van der Waals surface area (Å²) in [4.78, 5) is 9.14. The minimum atomic E-state index is -0.0291. The molecule has 0 amide bonds. The van der Waals surface area contributed by atoms with Crippen LogP contribution in [0.4, 0.5) is 0 Å². The molecule has 1 aromatic carbocycles. The number of para-hydroxylation sites is 1. The van der Waals surface area contributed by atoms with Crippen molar-refractivity contribution in [3.63, 3.8) is 0 Å². The van der Waals surface area contributed by atoms with Gasteiger partial charge in [0, 0.05) is 6.61 Å². The normalized spacial score (nSPS) is 18.0. The summed E-state index contributed by atoms with van der Waals surface area (Å²) in [6, 6.07) is 7.53. The predicted molar refractivity (Wildman–Crippen MR) is 88.3 cm³/mol. The van der Waals surface area contributed by atoms with E-state index in [1.807, 2.05) is 24.3 Å². The van der Waals surface area contributed by atoms with Crippen molar-refractivity contribution in [2.75, 3.05) is 6.61 Å². The third-order valence-corrected chi connectivity index (χ3v) is 4.54. The topological polar surface area (TPSA) is 70.1 Å². The molecule has 0 bridgehead atoms. The van der Waals surface area contributed by atoms with E-state index in [1.165, 1.54) is 0 Å². The van der Waals surface area contributed by atoms with Gasteiger partial charge in [-0.25, -0.2) is 19.2 Å². The fourth-order valence-electron chi connectivity index (χ4n) is 3.05. The van der Waals surface area contributed by atoms with Gasteiger partial charge in [-0.05, 0) is 25.0 Å². The van der Waals surface area contributed by atoms with Crippen molar-refractivity contribution in [1.82, 2.24) is 29.4 Å². The zero-order valence-corrected chi connectivity index (χ0v) is 13.4. The Morgan fingerprint density at radius 1 is 1.21 bits per heavy atom. The van der Waals surface area contributed by atoms with Crippen molar-refractivity contribution in [1.29, 1.82) is 0 Å². The SMILES string of the molecule is Clc1ccccc1-n1ncc2c1ncn1nc([C@H]3CCCO3)nc21. The highest BCUT2D eigenvalue weighted by Crippen LogP contribution is 2.28. The molecule has 1 atom stereocenters. The molecule has 0 N–H and O–H groups in total. The van der Waals surface area contributed by atoms with Crippen LogP contribution in [0.15, 0.2) is 36.8 Å². The standard InChI is InChI=1S/C16H13ClN6O/c17-11-4-1-2-5-12(11)23-15-10(8-19-23)16-20-14(13-6-3-7-24-13)21-22(16)9-18-15/h1-2,4-5,8-9,13H,3,6-7H2/t13-/m1/s1. The average molecular weight is 341 g/mol. The van der Waals surface area contributed by atoms with E-state index >= 15 is 0 Å². The first-order chi connectivity index (χ1) is 11.8. The van der Waals surface area contributed by atoms with E-state index in [4.69, 9.17) is 16.3 Å². The third-order valence-electron chi connectivity index (χ3n) is 4.22. The predicted octanol–water partition coefficient (Wildman–Crippen LogP) is 2.97. The Morgan fingerprint density at radius 3 is 2.96 bits per heavy atom. The van der Waals surface area contributed by atoms with Gasteiger partial charge in [0.1, 0.15) is 12.4 Å². The Balaban J connectivity index is 1.70. The molecule has 0 spiro atoms. The lowest BCUT2D eigenvalue weighted by atomic mass is 10.2. The van der Waals surface area contributed by atoms with E-state index in [9.17, 15) is 0 Å². The van der Waals surface area contributed by atoms with E-state index in [-0.39, 0.29) is 6.10 Å². The Hall–Kier alpha value is -2.51. The molecule has 0 unspecified atom stereocenters. The van der Waals surface area contributed by atoms with Crippen LogP contribution in [0.1, 0.15) is 24.8 Å². The van der Waals surface area contributed by atoms with Crippen LogP contribution in [-0.2, 0) is 4.74 Å². The van der Waals surface area contributed by atoms with Gasteiger partial charge in [-0.15, -0.1) is 5.10 Å². The number of hydrogen-bond acceptors (Lipinski definition) is 5. The van der Waals surface area contributed by atoms with E-state index in [0.29, 0.717) is 16.5 Å². The molecule has 1 aliphatic heterocycles. The number of aromatic nitrogens is 6. The summed E-state index contributed by atoms with van der Waals surface area (Å²) in [5, 5.41) is 10.4. The molecule has 0 aliphatic carbocycles. The van der Waals surface area contributed by atoms with E-state index in [2.05, 4.69) is 20.2 Å². The van der Waals surface area contributed by atoms with Crippen molar-refractivity contribution in [3.8, 4) is 5.69 Å². The quantitative estimate of drug-likeness (QED) is 0.561. The molecular weight excluding hydrogens is 328 g/mol. The van der Waals surface area contributed by atoms with Crippen LogP contribution in [0.5, 0.6) is 0 Å². The maximum Gasteiger partial charge on any atom is 0.180 e. The van der Waals surface area contributed by atoms with Crippen LogP contribution in [0.2, 0.25) is 5.02 Å². The lowest BCUT2D eigenvalue weighted by molar-refractivity contribution is 0.105. The van der Waals surface area contributed by atoms with Crippen molar-refractivity contribution < 1.29 is 4.74 Å². The molecule has 0 radical (unpaired) electrons. The Bertz CT molecular complexity index is 1050. The molecule has 5 rings (SSSR count). The molecule has 1 aliphatic rings. The summed E-state index contributed by atoms with van der Waals surface area (Å²) in [5.74, 6) is 0.701. The fraction of sp³-hybridized carbons (Fsp3) is 0.250. The first-order valence-electron chi connectivity index (χ1n) is 7.77. The average Bonchev–Trinajstić information content (AvgIpc) is 3.32. The van der Waals surface area contributed by atoms with Crippen LogP contribution >= 0.6 is 11.6 Å². The van der Waals surface area contributed by atoms with Gasteiger partial charge in [-0.3, -0.25) is 0 Å². The number of halogens is 1. The zero-order chi connectivity index (χ0) is 16.1. The van der Waals surface area contributed by atoms with Gasteiger partial charge in [0.15, 0.2) is 17.1 Å². The number of hydrogen-bond donors (Lipinski definition) is 0. The van der Waals surface area contributed by atoms with Crippen LogP contribution in [0, 0.1) is 0 Å². The monoisotopic (exact) mass is 340 g/mol. The first kappa shape index (κ1) is 13.9. The number of rotatable bonds is 2. The molecule has 1 fully saturated rings. The van der Waals surface area contributed by atoms with Crippen LogP contribution in [-0.4, -0.2) is 36.0 Å². The zero-order valence-electron chi connectivity index (χ0n) is 12.6. The largest absolute Gasteiger partial charge is 0.370 e. The van der Waals surface area contributed by atoms with Crippen LogP contribution < -0.4 is 0 Å². The second-order valence-corrected chi connectivity index (χ2v) is 6.14. The summed E-state index contributed by atoms with van der Waals surface area (Å²) in [5.41, 5.74) is 2.20. The van der Waals surface area contributed by atoms with Gasteiger partial charge in [0.05, 0.1) is 22.3 Å². The lowest BCUT2D eigenvalue weighted by Gasteiger charge is -2.04. The molecule has 1 saturated heterocycles. The maximum absolute atomic E-state index is 6.29. The highest BCUT2D eigenvalue weighted by atomic mass is 35.5. The smallest absolute Gasteiger partial charge is 0.180 e. The summed E-state index contributed by atoms with van der Waals surface area (Å²) in [6.45, 7) is 0.762. The first-order valence-corrected chi connectivity index (χ1v) is 8.14. The van der Waals surface area contributed by atoms with Gasteiger partial charge in [-0.2, -0.15) is 5.10 Å². The molecular formula is C16H13ClN6O. The van der Waals surface area contributed by atoms with Gasteiger partial charge in [0.25, 0.3) is 0 Å². The Kier molecular flexibility index (Phi) is 3.04. The fourth-order valence-corrected chi connectivity index (χ4v) is 3.27. The van der Waals surface area contributed by atoms with E-state index in [1.54, 1.807) is 21.7 Å². The van der Waals surface area contributed by atoms with Gasteiger partial charge >= 0.3 is 0 Å². The molecule has 24 heavy (non-hydrogen) atoms. The number of fused-ring (bicyclic) bond motifs is 3. The summed E-state index contributed by atoms with van der Waals surface area (Å²) in [7, 11) is 0. The second-order valence-electron chi connectivity index (χ2n) is 5.73. The Labute approximate surface area is 141 Å². The van der Waals surface area contributed by atoms with Crippen molar-refractivity contribution in [2.45, 2.75) is 18.9 Å². The number of benzene rings is 1. The minimum Gasteiger partial charge on any atom is -0.370 e. The van der Waals surface area contributed by atoms with Crippen LogP contribution in [0.3, 0.4) is 0 Å². The van der Waals surface area contributed by atoms with Gasteiger partial charge in [0.2, 0.25) is 0 Å². The summed E-state index contributed by atoms with van der Waals surface area (Å²) >= 11 is 6.29. The molecule has 4 heterocycles. The molecule has 7 nitrogen and oxygen atoms in total. The highest BCUT2D eigenvalue weighted by Gasteiger charge is 2.23. The molecule has 4 aromatic rings. The lowest BCUT2D eigenvalue weighted by Crippen LogP contribution is -2.00. The molecule has 8 heteroatoms. The van der Waals surface area contributed by atoms with E-state index < -0.39 is 0 Å². The van der Waals surface area contributed by atoms with E-state index in [0.717, 1.165) is 36.2 Å². The van der Waals surface area contributed by atoms with Crippen LogP contribution in [0.25, 0.3) is 22.4 Å². The minimum absolute atomic E-state index is 0.0291. The van der Waals surface area contributed by atoms with Crippen molar-refractivity contribution >= 4 is 28.3 Å². The number of ether oxygens (including phenoxy) is 1. The number of nitrogens with zero attached hydrogens (tertiary/aromatic N) is 6. The van der Waals surface area contributed by atoms with Gasteiger partial charge in [-0.1, -0.05) is 23.7 Å². The van der Waals surface area contributed by atoms with Gasteiger partial charge < -0.3 is 4.74 Å². The summed E-state index contributed by atoms with van der Waals surface area (Å²) < 4.78 is 9.07. The molecule has 120 valence electrons. The Morgan fingerprint density at radius 2 is 2.12 bits per heavy atom. The molecule has 3 aromatic heterocycles. The molecule has 0 saturated carbocycles. The maximum atomic E-state index is 6.29. The summed E-state index contributed by atoms with van der Waals surface area (Å²) in [6.07, 6.45) is 5.36. The van der Waals surface area contributed by atoms with Crippen molar-refractivity contribution in [2.24, 2.45) is 0 Å². The highest BCUT2D eigenvalue weighted by molar-refractivity contribution is 6.32.